The molecule has 3 aromatic rings. The van der Waals surface area contributed by atoms with E-state index in [4.69, 9.17) is 9.84 Å². The molecule has 6 heteroatoms. The van der Waals surface area contributed by atoms with Crippen LogP contribution in [0.1, 0.15) is 11.1 Å². The number of fused-ring (bicyclic) bond motifs is 1. The average Bonchev–Trinajstić information content (AvgIpc) is 2.92. The molecule has 0 bridgehead atoms. The standard InChI is InChI=1S/C19H20N2O3S/c1-13-6-5-9-17(14(13)2)24-10-11-25-19-20-15-7-3-4-8-16(15)21(19)12-18(22)23/h3-9H,10-12H2,1-2H3,(H,22,23). The number of aryl methyl sites for hydroxylation is 1. The van der Waals surface area contributed by atoms with E-state index in [1.54, 1.807) is 4.57 Å². The van der Waals surface area contributed by atoms with Crippen molar-refractivity contribution in [3.63, 3.8) is 0 Å². The molecule has 0 atom stereocenters. The normalized spacial score (nSPS) is 11.0. The zero-order valence-corrected chi connectivity index (χ0v) is 15.0. The Kier molecular flexibility index (Phi) is 5.28. The van der Waals surface area contributed by atoms with Gasteiger partial charge in [0.1, 0.15) is 12.3 Å². The number of carboxylic acids is 1. The van der Waals surface area contributed by atoms with Crippen molar-refractivity contribution in [1.82, 2.24) is 9.55 Å². The SMILES string of the molecule is Cc1cccc(OCCSc2nc3ccccc3n2CC(=O)O)c1C. The second-order valence-corrected chi connectivity index (χ2v) is 6.82. The highest BCUT2D eigenvalue weighted by molar-refractivity contribution is 7.99. The van der Waals surface area contributed by atoms with Crippen molar-refractivity contribution >= 4 is 28.8 Å². The molecule has 0 radical (unpaired) electrons. The maximum atomic E-state index is 11.2. The van der Waals surface area contributed by atoms with Crippen LogP contribution >= 0.6 is 11.8 Å². The molecule has 0 aliphatic carbocycles. The number of carboxylic acid groups (broad SMARTS) is 1. The van der Waals surface area contributed by atoms with Gasteiger partial charge in [0, 0.05) is 5.75 Å². The van der Waals surface area contributed by atoms with Crippen molar-refractivity contribution in [2.45, 2.75) is 25.5 Å². The van der Waals surface area contributed by atoms with E-state index in [2.05, 4.69) is 18.0 Å². The number of carbonyl (C=O) groups is 1. The van der Waals surface area contributed by atoms with Gasteiger partial charge in [0.25, 0.3) is 0 Å². The molecule has 2 aromatic carbocycles. The van der Waals surface area contributed by atoms with Crippen molar-refractivity contribution in [3.8, 4) is 5.75 Å². The lowest BCUT2D eigenvalue weighted by atomic mass is 10.1. The van der Waals surface area contributed by atoms with Crippen LogP contribution in [0.25, 0.3) is 11.0 Å². The number of rotatable bonds is 7. The van der Waals surface area contributed by atoms with Gasteiger partial charge in [-0.15, -0.1) is 0 Å². The summed E-state index contributed by atoms with van der Waals surface area (Å²) in [7, 11) is 0. The van der Waals surface area contributed by atoms with Gasteiger partial charge in [0.15, 0.2) is 5.16 Å². The highest BCUT2D eigenvalue weighted by atomic mass is 32.2. The molecule has 0 fully saturated rings. The van der Waals surface area contributed by atoms with Crippen LogP contribution in [-0.2, 0) is 11.3 Å². The summed E-state index contributed by atoms with van der Waals surface area (Å²) in [5.74, 6) is 0.701. The Labute approximate surface area is 150 Å². The van der Waals surface area contributed by atoms with E-state index in [0.29, 0.717) is 17.5 Å². The van der Waals surface area contributed by atoms with E-state index < -0.39 is 5.97 Å². The topological polar surface area (TPSA) is 64.4 Å². The summed E-state index contributed by atoms with van der Waals surface area (Å²) in [6.07, 6.45) is 0. The lowest BCUT2D eigenvalue weighted by molar-refractivity contribution is -0.137. The van der Waals surface area contributed by atoms with E-state index in [-0.39, 0.29) is 6.54 Å². The van der Waals surface area contributed by atoms with Gasteiger partial charge in [0.05, 0.1) is 17.6 Å². The first-order valence-electron chi connectivity index (χ1n) is 8.05. The molecule has 1 aromatic heterocycles. The molecule has 0 saturated carbocycles. The number of aromatic nitrogens is 2. The Morgan fingerprint density at radius 3 is 2.80 bits per heavy atom. The summed E-state index contributed by atoms with van der Waals surface area (Å²) in [5, 5.41) is 9.87. The molecular weight excluding hydrogens is 336 g/mol. The first-order valence-corrected chi connectivity index (χ1v) is 9.03. The molecule has 1 N–H and O–H groups in total. The second-order valence-electron chi connectivity index (χ2n) is 5.76. The van der Waals surface area contributed by atoms with Crippen LogP contribution in [0.5, 0.6) is 5.75 Å². The number of imidazole rings is 1. The lowest BCUT2D eigenvalue weighted by Crippen LogP contribution is -2.10. The Morgan fingerprint density at radius 2 is 2.00 bits per heavy atom. The van der Waals surface area contributed by atoms with Gasteiger partial charge in [-0.2, -0.15) is 0 Å². The highest BCUT2D eigenvalue weighted by Crippen LogP contribution is 2.25. The third kappa shape index (κ3) is 3.96. The molecule has 1 heterocycles. The van der Waals surface area contributed by atoms with Crippen molar-refractivity contribution in [2.24, 2.45) is 0 Å². The molecule has 25 heavy (non-hydrogen) atoms. The Hall–Kier alpha value is -2.47. The fourth-order valence-corrected chi connectivity index (χ4v) is 3.45. The zero-order valence-electron chi connectivity index (χ0n) is 14.2. The molecular formula is C19H20N2O3S. The van der Waals surface area contributed by atoms with Crippen LogP contribution in [0.2, 0.25) is 0 Å². The summed E-state index contributed by atoms with van der Waals surface area (Å²) in [6.45, 7) is 4.54. The predicted octanol–water partition coefficient (Wildman–Crippen LogP) is 3.91. The quantitative estimate of drug-likeness (QED) is 0.514. The number of ether oxygens (including phenoxy) is 1. The van der Waals surface area contributed by atoms with Crippen LogP contribution in [0, 0.1) is 13.8 Å². The Morgan fingerprint density at radius 1 is 1.20 bits per heavy atom. The zero-order chi connectivity index (χ0) is 17.8. The summed E-state index contributed by atoms with van der Waals surface area (Å²) in [6, 6.07) is 13.6. The maximum absolute atomic E-state index is 11.2. The third-order valence-corrected chi connectivity index (χ3v) is 4.98. The van der Waals surface area contributed by atoms with Crippen molar-refractivity contribution in [1.29, 1.82) is 0 Å². The van der Waals surface area contributed by atoms with E-state index >= 15 is 0 Å². The van der Waals surface area contributed by atoms with Gasteiger partial charge in [-0.3, -0.25) is 4.79 Å². The van der Waals surface area contributed by atoms with Gasteiger partial charge in [-0.1, -0.05) is 36.0 Å². The smallest absolute Gasteiger partial charge is 0.323 e. The molecule has 0 amide bonds. The van der Waals surface area contributed by atoms with Crippen LogP contribution in [0.15, 0.2) is 47.6 Å². The molecule has 0 unspecified atom stereocenters. The van der Waals surface area contributed by atoms with Gasteiger partial charge in [-0.25, -0.2) is 4.98 Å². The number of thioether (sulfide) groups is 1. The molecule has 130 valence electrons. The van der Waals surface area contributed by atoms with Crippen LogP contribution in [-0.4, -0.2) is 33.0 Å². The average molecular weight is 356 g/mol. The Balaban J connectivity index is 1.68. The van der Waals surface area contributed by atoms with Crippen LogP contribution in [0.3, 0.4) is 0 Å². The van der Waals surface area contributed by atoms with Crippen LogP contribution in [0.4, 0.5) is 0 Å². The predicted molar refractivity (Wildman–Crippen MR) is 99.5 cm³/mol. The molecule has 0 aliphatic heterocycles. The first-order chi connectivity index (χ1) is 12.1. The number of nitrogens with zero attached hydrogens (tertiary/aromatic N) is 2. The van der Waals surface area contributed by atoms with Gasteiger partial charge in [0.2, 0.25) is 0 Å². The molecule has 0 aliphatic rings. The summed E-state index contributed by atoms with van der Waals surface area (Å²) in [4.78, 5) is 15.7. The monoisotopic (exact) mass is 356 g/mol. The molecule has 5 nitrogen and oxygen atoms in total. The van der Waals surface area contributed by atoms with Crippen LogP contribution < -0.4 is 4.74 Å². The lowest BCUT2D eigenvalue weighted by Gasteiger charge is -2.11. The minimum Gasteiger partial charge on any atom is -0.492 e. The first kappa shape index (κ1) is 17.4. The van der Waals surface area contributed by atoms with Gasteiger partial charge >= 0.3 is 5.97 Å². The molecule has 3 rings (SSSR count). The Bertz CT molecular complexity index is 905. The third-order valence-electron chi connectivity index (χ3n) is 4.04. The number of benzene rings is 2. The highest BCUT2D eigenvalue weighted by Gasteiger charge is 2.13. The van der Waals surface area contributed by atoms with E-state index in [1.807, 2.05) is 43.3 Å². The fraction of sp³-hybridized carbons (Fsp3) is 0.263. The van der Waals surface area contributed by atoms with E-state index in [0.717, 1.165) is 22.3 Å². The fourth-order valence-electron chi connectivity index (χ4n) is 2.62. The number of aliphatic carboxylic acids is 1. The number of hydrogen-bond donors (Lipinski definition) is 1. The van der Waals surface area contributed by atoms with Crippen molar-refractivity contribution in [3.05, 3.63) is 53.6 Å². The molecule has 0 saturated heterocycles. The second kappa shape index (κ2) is 7.61. The maximum Gasteiger partial charge on any atom is 0.323 e. The summed E-state index contributed by atoms with van der Waals surface area (Å²) in [5.41, 5.74) is 3.99. The number of hydrogen-bond acceptors (Lipinski definition) is 4. The van der Waals surface area contributed by atoms with Gasteiger partial charge in [-0.05, 0) is 43.2 Å². The number of para-hydroxylation sites is 2. The minimum absolute atomic E-state index is 0.0965. The minimum atomic E-state index is -0.878. The van der Waals surface area contributed by atoms with Crippen molar-refractivity contribution in [2.75, 3.05) is 12.4 Å². The van der Waals surface area contributed by atoms with E-state index in [1.165, 1.54) is 17.3 Å². The molecule has 0 spiro atoms. The van der Waals surface area contributed by atoms with Gasteiger partial charge < -0.3 is 14.4 Å². The van der Waals surface area contributed by atoms with E-state index in [9.17, 15) is 4.79 Å². The largest absolute Gasteiger partial charge is 0.492 e. The van der Waals surface area contributed by atoms with Crippen molar-refractivity contribution < 1.29 is 14.6 Å². The summed E-state index contributed by atoms with van der Waals surface area (Å²) >= 11 is 1.51. The summed E-state index contributed by atoms with van der Waals surface area (Å²) < 4.78 is 7.60.